The van der Waals surface area contributed by atoms with Crippen molar-refractivity contribution in [3.05, 3.63) is 29.8 Å². The summed E-state index contributed by atoms with van der Waals surface area (Å²) in [6.45, 7) is 8.83. The number of ether oxygens (including phenoxy) is 1. The van der Waals surface area contributed by atoms with Crippen molar-refractivity contribution in [2.24, 2.45) is 11.3 Å². The summed E-state index contributed by atoms with van der Waals surface area (Å²) < 4.78 is 5.63. The van der Waals surface area contributed by atoms with E-state index in [1.54, 1.807) is 0 Å². The fraction of sp³-hybridized carbons (Fsp3) is 0.667. The summed E-state index contributed by atoms with van der Waals surface area (Å²) in [5.74, 6) is -0.577. The number of piperidine rings is 2. The number of imide groups is 1. The number of hydrogen-bond donors (Lipinski definition) is 1. The third-order valence-corrected chi connectivity index (χ3v) is 8.61. The first-order valence-corrected chi connectivity index (χ1v) is 14.0. The van der Waals surface area contributed by atoms with Crippen molar-refractivity contribution in [1.29, 1.82) is 0 Å². The van der Waals surface area contributed by atoms with Gasteiger partial charge in [0.2, 0.25) is 17.7 Å². The number of amides is 3. The van der Waals surface area contributed by atoms with E-state index in [0.29, 0.717) is 44.8 Å². The van der Waals surface area contributed by atoms with Crippen molar-refractivity contribution in [2.75, 3.05) is 25.0 Å². The third-order valence-electron chi connectivity index (χ3n) is 8.61. The molecule has 8 heteroatoms. The molecule has 2 heterocycles. The first-order chi connectivity index (χ1) is 17.9. The normalized spacial score (nSPS) is 25.9. The molecule has 2 aliphatic heterocycles. The summed E-state index contributed by atoms with van der Waals surface area (Å²) in [7, 11) is 2.09. The van der Waals surface area contributed by atoms with Gasteiger partial charge in [0.05, 0.1) is 11.3 Å². The van der Waals surface area contributed by atoms with Crippen molar-refractivity contribution in [3.63, 3.8) is 0 Å². The molecule has 1 aliphatic carbocycles. The summed E-state index contributed by atoms with van der Waals surface area (Å²) in [5, 5.41) is 2.43. The second-order valence-corrected chi connectivity index (χ2v) is 12.6. The topological polar surface area (TPSA) is 96.0 Å². The lowest BCUT2D eigenvalue weighted by Gasteiger charge is -2.41. The molecule has 0 radical (unpaired) electrons. The molecule has 8 nitrogen and oxygen atoms in total. The van der Waals surface area contributed by atoms with E-state index >= 15 is 0 Å². The van der Waals surface area contributed by atoms with Crippen molar-refractivity contribution in [3.8, 4) is 0 Å². The smallest absolute Gasteiger partial charge is 0.312 e. The predicted octanol–water partition coefficient (Wildman–Crippen LogP) is 4.17. The number of nitrogens with zero attached hydrogens (tertiary/aromatic N) is 2. The van der Waals surface area contributed by atoms with Gasteiger partial charge >= 0.3 is 5.97 Å². The van der Waals surface area contributed by atoms with Gasteiger partial charge in [0.15, 0.2) is 0 Å². The molecule has 38 heavy (non-hydrogen) atoms. The molecule has 3 fully saturated rings. The molecule has 3 amide bonds. The van der Waals surface area contributed by atoms with E-state index in [9.17, 15) is 19.2 Å². The number of esters is 1. The Kier molecular flexibility index (Phi) is 8.19. The minimum Gasteiger partial charge on any atom is -0.460 e. The van der Waals surface area contributed by atoms with Crippen molar-refractivity contribution >= 4 is 29.4 Å². The summed E-state index contributed by atoms with van der Waals surface area (Å²) in [4.78, 5) is 53.8. The van der Waals surface area contributed by atoms with Crippen LogP contribution in [0.15, 0.2) is 24.3 Å². The molecule has 1 atom stereocenters. The lowest BCUT2D eigenvalue weighted by molar-refractivity contribution is -0.170. The predicted molar refractivity (Wildman–Crippen MR) is 145 cm³/mol. The highest BCUT2D eigenvalue weighted by Gasteiger charge is 2.42. The maximum absolute atomic E-state index is 13.3. The largest absolute Gasteiger partial charge is 0.460 e. The highest BCUT2D eigenvalue weighted by Crippen LogP contribution is 2.36. The molecule has 0 bridgehead atoms. The number of likely N-dealkylation sites (tertiary alicyclic amines) is 1. The molecule has 1 N–H and O–H groups in total. The first-order valence-electron chi connectivity index (χ1n) is 14.0. The van der Waals surface area contributed by atoms with Crippen LogP contribution in [0.3, 0.4) is 0 Å². The fourth-order valence-corrected chi connectivity index (χ4v) is 5.96. The first kappa shape index (κ1) is 28.1. The van der Waals surface area contributed by atoms with Crippen LogP contribution in [0.25, 0.3) is 0 Å². The molecule has 3 aliphatic rings. The van der Waals surface area contributed by atoms with E-state index in [1.165, 1.54) is 0 Å². The molecule has 2 saturated heterocycles. The zero-order valence-electron chi connectivity index (χ0n) is 23.5. The minimum atomic E-state index is -0.530. The number of rotatable bonds is 5. The Hall–Kier alpha value is -2.90. The van der Waals surface area contributed by atoms with Gasteiger partial charge in [0.25, 0.3) is 0 Å². The molecule has 1 aromatic rings. The van der Waals surface area contributed by atoms with Crippen LogP contribution in [0, 0.1) is 11.3 Å². The SMILES string of the molecule is CN(c1ccc([C@@H]2CCC(=O)NC2=O)cc1)C1CCC(C(=O)N2CCC(C)(C(=O)OC(C)(C)C)CC2)CC1. The lowest BCUT2D eigenvalue weighted by atomic mass is 9.79. The summed E-state index contributed by atoms with van der Waals surface area (Å²) >= 11 is 0. The molecular weight excluding hydrogens is 482 g/mol. The van der Waals surface area contributed by atoms with E-state index in [2.05, 4.69) is 17.3 Å². The molecule has 208 valence electrons. The second-order valence-electron chi connectivity index (χ2n) is 12.6. The Bertz CT molecular complexity index is 1040. The van der Waals surface area contributed by atoms with Gasteiger partial charge < -0.3 is 14.5 Å². The molecular formula is C30H43N3O5. The van der Waals surface area contributed by atoms with Crippen LogP contribution in [-0.2, 0) is 23.9 Å². The zero-order chi connectivity index (χ0) is 27.7. The van der Waals surface area contributed by atoms with Gasteiger partial charge in [-0.3, -0.25) is 24.5 Å². The van der Waals surface area contributed by atoms with Gasteiger partial charge in [0.1, 0.15) is 5.60 Å². The second kappa shape index (κ2) is 11.1. The van der Waals surface area contributed by atoms with Gasteiger partial charge in [-0.2, -0.15) is 0 Å². The van der Waals surface area contributed by atoms with Gasteiger partial charge in [-0.25, -0.2) is 0 Å². The molecule has 0 aromatic heterocycles. The standard InChI is InChI=1S/C30H43N3O5/c1-29(2,3)38-28(37)30(4)16-18-33(19-17-30)27(36)21-8-12-23(13-9-21)32(5)22-10-6-20(7-11-22)24-14-15-25(34)31-26(24)35/h6-7,10-11,21,23-24H,8-9,12-19H2,1-5H3,(H,31,34,35)/t21?,23?,24-/m0/s1. The Balaban J connectivity index is 1.26. The molecule has 0 unspecified atom stereocenters. The van der Waals surface area contributed by atoms with Crippen molar-refractivity contribution in [1.82, 2.24) is 10.2 Å². The van der Waals surface area contributed by atoms with Crippen molar-refractivity contribution < 1.29 is 23.9 Å². The summed E-state index contributed by atoms with van der Waals surface area (Å²) in [5.41, 5.74) is 0.992. The zero-order valence-corrected chi connectivity index (χ0v) is 23.5. The average Bonchev–Trinajstić information content (AvgIpc) is 2.88. The summed E-state index contributed by atoms with van der Waals surface area (Å²) in [6, 6.07) is 8.43. The number of nitrogens with one attached hydrogen (secondary N) is 1. The molecule has 0 spiro atoms. The number of carbonyl (C=O) groups is 4. The highest BCUT2D eigenvalue weighted by atomic mass is 16.6. The van der Waals surface area contributed by atoms with Crippen LogP contribution in [0.4, 0.5) is 5.69 Å². The van der Waals surface area contributed by atoms with Gasteiger partial charge in [-0.15, -0.1) is 0 Å². The maximum atomic E-state index is 13.3. The average molecular weight is 526 g/mol. The van der Waals surface area contributed by atoms with Crippen LogP contribution < -0.4 is 10.2 Å². The van der Waals surface area contributed by atoms with Crippen LogP contribution in [0.1, 0.15) is 90.5 Å². The van der Waals surface area contributed by atoms with Crippen LogP contribution in [0.5, 0.6) is 0 Å². The maximum Gasteiger partial charge on any atom is 0.312 e. The fourth-order valence-electron chi connectivity index (χ4n) is 5.96. The van der Waals surface area contributed by atoms with E-state index < -0.39 is 11.0 Å². The van der Waals surface area contributed by atoms with E-state index in [4.69, 9.17) is 4.74 Å². The third kappa shape index (κ3) is 6.38. The molecule has 4 rings (SSSR count). The van der Waals surface area contributed by atoms with Crippen LogP contribution in [0.2, 0.25) is 0 Å². The quantitative estimate of drug-likeness (QED) is 0.458. The Morgan fingerprint density at radius 1 is 1.00 bits per heavy atom. The lowest BCUT2D eigenvalue weighted by Crippen LogP contribution is -2.49. The van der Waals surface area contributed by atoms with E-state index in [1.807, 2.05) is 56.9 Å². The van der Waals surface area contributed by atoms with E-state index in [0.717, 1.165) is 36.9 Å². The van der Waals surface area contributed by atoms with Crippen LogP contribution in [-0.4, -0.2) is 60.4 Å². The number of anilines is 1. The van der Waals surface area contributed by atoms with E-state index in [-0.39, 0.29) is 35.5 Å². The molecule has 1 aromatic carbocycles. The van der Waals surface area contributed by atoms with Gasteiger partial charge in [-0.1, -0.05) is 12.1 Å². The molecule has 1 saturated carbocycles. The Morgan fingerprint density at radius 3 is 2.16 bits per heavy atom. The van der Waals surface area contributed by atoms with Crippen LogP contribution >= 0.6 is 0 Å². The monoisotopic (exact) mass is 525 g/mol. The number of hydrogen-bond acceptors (Lipinski definition) is 6. The van der Waals surface area contributed by atoms with Gasteiger partial charge in [-0.05, 0) is 90.3 Å². The highest BCUT2D eigenvalue weighted by molar-refractivity contribution is 6.00. The number of carbonyl (C=O) groups excluding carboxylic acids is 4. The van der Waals surface area contributed by atoms with Gasteiger partial charge in [0, 0.05) is 44.2 Å². The minimum absolute atomic E-state index is 0.0421. The van der Waals surface area contributed by atoms with Crippen molar-refractivity contribution in [2.45, 2.75) is 96.6 Å². The Labute approximate surface area is 226 Å². The summed E-state index contributed by atoms with van der Waals surface area (Å²) in [6.07, 6.45) is 5.83. The Morgan fingerprint density at radius 2 is 1.61 bits per heavy atom. The number of benzene rings is 1.